The number of hydrogen-bond donors (Lipinski definition) is 1. The van der Waals surface area contributed by atoms with Gasteiger partial charge in [0, 0.05) is 6.54 Å². The SMILES string of the molecule is CCCN(CC(=O)O)C(=O)C1(c2cccc(C)c2)CCC1. The van der Waals surface area contributed by atoms with Gasteiger partial charge in [0.1, 0.15) is 6.54 Å². The van der Waals surface area contributed by atoms with Gasteiger partial charge in [0.15, 0.2) is 0 Å². The molecule has 21 heavy (non-hydrogen) atoms. The maximum atomic E-state index is 12.9. The normalized spacial score (nSPS) is 16.1. The molecule has 0 heterocycles. The average Bonchev–Trinajstić information content (AvgIpc) is 2.36. The first-order valence-electron chi connectivity index (χ1n) is 7.58. The van der Waals surface area contributed by atoms with Gasteiger partial charge in [-0.1, -0.05) is 43.2 Å². The van der Waals surface area contributed by atoms with Gasteiger partial charge in [0.25, 0.3) is 0 Å². The first-order valence-corrected chi connectivity index (χ1v) is 7.58. The molecule has 114 valence electrons. The minimum absolute atomic E-state index is 0.0244. The zero-order chi connectivity index (χ0) is 15.5. The van der Waals surface area contributed by atoms with Crippen LogP contribution in [-0.4, -0.2) is 35.0 Å². The second-order valence-electron chi connectivity index (χ2n) is 5.93. The van der Waals surface area contributed by atoms with Crippen LogP contribution in [0.5, 0.6) is 0 Å². The van der Waals surface area contributed by atoms with Crippen molar-refractivity contribution in [3.63, 3.8) is 0 Å². The van der Waals surface area contributed by atoms with Crippen LogP contribution >= 0.6 is 0 Å². The van der Waals surface area contributed by atoms with Crippen molar-refractivity contribution in [3.05, 3.63) is 35.4 Å². The Kier molecular flexibility index (Phi) is 4.66. The lowest BCUT2D eigenvalue weighted by atomic mass is 9.63. The highest BCUT2D eigenvalue weighted by Gasteiger charge is 2.47. The number of carbonyl (C=O) groups excluding carboxylic acids is 1. The molecular weight excluding hydrogens is 266 g/mol. The monoisotopic (exact) mass is 289 g/mol. The summed E-state index contributed by atoms with van der Waals surface area (Å²) in [4.78, 5) is 25.5. The molecule has 1 aliphatic rings. The standard InChI is InChI=1S/C17H23NO3/c1-3-10-18(12-15(19)20)16(21)17(8-5-9-17)14-7-4-6-13(2)11-14/h4,6-7,11H,3,5,8-10,12H2,1-2H3,(H,19,20). The van der Waals surface area contributed by atoms with Gasteiger partial charge in [-0.15, -0.1) is 0 Å². The van der Waals surface area contributed by atoms with Crippen molar-refractivity contribution < 1.29 is 14.7 Å². The number of nitrogens with zero attached hydrogens (tertiary/aromatic N) is 1. The number of carboxylic acid groups (broad SMARTS) is 1. The number of amides is 1. The summed E-state index contributed by atoms with van der Waals surface area (Å²) < 4.78 is 0. The molecule has 1 aromatic rings. The Balaban J connectivity index is 2.30. The Morgan fingerprint density at radius 1 is 1.33 bits per heavy atom. The summed E-state index contributed by atoms with van der Waals surface area (Å²) in [6, 6.07) is 8.04. The maximum absolute atomic E-state index is 12.9. The number of aliphatic carboxylic acids is 1. The van der Waals surface area contributed by atoms with Crippen molar-refractivity contribution in [1.29, 1.82) is 0 Å². The van der Waals surface area contributed by atoms with E-state index in [4.69, 9.17) is 5.11 Å². The molecule has 0 radical (unpaired) electrons. The minimum atomic E-state index is -0.949. The fraction of sp³-hybridized carbons (Fsp3) is 0.529. The highest BCUT2D eigenvalue weighted by Crippen LogP contribution is 2.45. The van der Waals surface area contributed by atoms with E-state index < -0.39 is 11.4 Å². The van der Waals surface area contributed by atoms with Crippen LogP contribution in [0.1, 0.15) is 43.7 Å². The third-order valence-corrected chi connectivity index (χ3v) is 4.29. The number of aryl methyl sites for hydroxylation is 1. The predicted octanol–water partition coefficient (Wildman–Crippen LogP) is 2.74. The molecule has 0 aromatic heterocycles. The van der Waals surface area contributed by atoms with Crippen molar-refractivity contribution in [2.75, 3.05) is 13.1 Å². The second-order valence-corrected chi connectivity index (χ2v) is 5.93. The van der Waals surface area contributed by atoms with Crippen LogP contribution in [-0.2, 0) is 15.0 Å². The van der Waals surface area contributed by atoms with Crippen LogP contribution in [0, 0.1) is 6.92 Å². The fourth-order valence-electron chi connectivity index (χ4n) is 3.09. The van der Waals surface area contributed by atoms with E-state index in [1.807, 2.05) is 32.0 Å². The van der Waals surface area contributed by atoms with Crippen LogP contribution in [0.3, 0.4) is 0 Å². The quantitative estimate of drug-likeness (QED) is 0.876. The van der Waals surface area contributed by atoms with E-state index in [0.29, 0.717) is 6.54 Å². The first-order chi connectivity index (χ1) is 9.99. The molecule has 0 spiro atoms. The molecule has 0 aliphatic heterocycles. The summed E-state index contributed by atoms with van der Waals surface area (Å²) in [6.45, 7) is 4.27. The predicted molar refractivity (Wildman–Crippen MR) is 81.2 cm³/mol. The van der Waals surface area contributed by atoms with Gasteiger partial charge >= 0.3 is 5.97 Å². The Hall–Kier alpha value is -1.84. The molecule has 1 aromatic carbocycles. The largest absolute Gasteiger partial charge is 0.480 e. The molecule has 1 amide bonds. The Morgan fingerprint density at radius 3 is 2.52 bits per heavy atom. The molecule has 0 saturated heterocycles. The Morgan fingerprint density at radius 2 is 2.05 bits per heavy atom. The molecule has 2 rings (SSSR count). The fourth-order valence-corrected chi connectivity index (χ4v) is 3.09. The third-order valence-electron chi connectivity index (χ3n) is 4.29. The second kappa shape index (κ2) is 6.29. The lowest BCUT2D eigenvalue weighted by Crippen LogP contribution is -2.52. The van der Waals surface area contributed by atoms with Gasteiger partial charge < -0.3 is 10.0 Å². The van der Waals surface area contributed by atoms with E-state index in [9.17, 15) is 9.59 Å². The zero-order valence-corrected chi connectivity index (χ0v) is 12.8. The van der Waals surface area contributed by atoms with Gasteiger partial charge in [-0.05, 0) is 31.7 Å². The summed E-state index contributed by atoms with van der Waals surface area (Å²) in [6.07, 6.45) is 3.42. The topological polar surface area (TPSA) is 57.6 Å². The summed E-state index contributed by atoms with van der Waals surface area (Å²) in [5, 5.41) is 9.04. The number of hydrogen-bond acceptors (Lipinski definition) is 2. The number of benzene rings is 1. The average molecular weight is 289 g/mol. The third kappa shape index (κ3) is 3.09. The molecule has 0 bridgehead atoms. The van der Waals surface area contributed by atoms with Gasteiger partial charge in [0.2, 0.25) is 5.91 Å². The van der Waals surface area contributed by atoms with Crippen molar-refractivity contribution in [1.82, 2.24) is 4.90 Å². The molecule has 4 heteroatoms. The van der Waals surface area contributed by atoms with Crippen molar-refractivity contribution >= 4 is 11.9 Å². The summed E-state index contributed by atoms with van der Waals surface area (Å²) in [7, 11) is 0. The van der Waals surface area contributed by atoms with Crippen molar-refractivity contribution in [2.45, 2.75) is 44.9 Å². The molecule has 4 nitrogen and oxygen atoms in total. The minimum Gasteiger partial charge on any atom is -0.480 e. The van der Waals surface area contributed by atoms with Crippen LogP contribution in [0.2, 0.25) is 0 Å². The van der Waals surface area contributed by atoms with Crippen molar-refractivity contribution in [3.8, 4) is 0 Å². The van der Waals surface area contributed by atoms with E-state index in [-0.39, 0.29) is 12.5 Å². The molecular formula is C17H23NO3. The van der Waals surface area contributed by atoms with Crippen LogP contribution < -0.4 is 0 Å². The summed E-state index contributed by atoms with van der Waals surface area (Å²) in [5.41, 5.74) is 1.66. The van der Waals surface area contributed by atoms with Gasteiger partial charge in [0.05, 0.1) is 5.41 Å². The van der Waals surface area contributed by atoms with Gasteiger partial charge in [-0.3, -0.25) is 9.59 Å². The van der Waals surface area contributed by atoms with E-state index in [2.05, 4.69) is 6.07 Å². The molecule has 1 N–H and O–H groups in total. The summed E-state index contributed by atoms with van der Waals surface area (Å²) >= 11 is 0. The Bertz CT molecular complexity index is 535. The summed E-state index contributed by atoms with van der Waals surface area (Å²) in [5.74, 6) is -0.973. The maximum Gasteiger partial charge on any atom is 0.323 e. The number of rotatable bonds is 6. The molecule has 1 aliphatic carbocycles. The highest BCUT2D eigenvalue weighted by molar-refractivity contribution is 5.91. The smallest absolute Gasteiger partial charge is 0.323 e. The Labute approximate surface area is 125 Å². The van der Waals surface area contributed by atoms with E-state index in [1.165, 1.54) is 4.90 Å². The van der Waals surface area contributed by atoms with Gasteiger partial charge in [-0.25, -0.2) is 0 Å². The first kappa shape index (κ1) is 15.5. The van der Waals surface area contributed by atoms with E-state index in [1.54, 1.807) is 0 Å². The molecule has 0 atom stereocenters. The van der Waals surface area contributed by atoms with Crippen molar-refractivity contribution in [2.24, 2.45) is 0 Å². The van der Waals surface area contributed by atoms with E-state index in [0.717, 1.165) is 36.8 Å². The lowest BCUT2D eigenvalue weighted by Gasteiger charge is -2.43. The zero-order valence-electron chi connectivity index (χ0n) is 12.8. The van der Waals surface area contributed by atoms with E-state index >= 15 is 0 Å². The van der Waals surface area contributed by atoms with Crippen LogP contribution in [0.4, 0.5) is 0 Å². The van der Waals surface area contributed by atoms with Crippen LogP contribution in [0.15, 0.2) is 24.3 Å². The molecule has 0 unspecified atom stereocenters. The molecule has 1 fully saturated rings. The lowest BCUT2D eigenvalue weighted by molar-refractivity contribution is -0.149. The highest BCUT2D eigenvalue weighted by atomic mass is 16.4. The number of carbonyl (C=O) groups is 2. The number of carboxylic acids is 1. The van der Waals surface area contributed by atoms with Gasteiger partial charge in [-0.2, -0.15) is 0 Å². The van der Waals surface area contributed by atoms with Crippen LogP contribution in [0.25, 0.3) is 0 Å². The molecule has 1 saturated carbocycles.